The van der Waals surface area contributed by atoms with E-state index in [1.165, 1.54) is 54.4 Å². The van der Waals surface area contributed by atoms with Crippen molar-refractivity contribution >= 4 is 21.6 Å². The summed E-state index contributed by atoms with van der Waals surface area (Å²) in [6.07, 6.45) is 6.43. The lowest BCUT2D eigenvalue weighted by Crippen LogP contribution is -2.30. The number of unbranched alkanes of at least 4 members (excludes halogenated alkanes) is 1. The number of nitrogens with zero attached hydrogens (tertiary/aromatic N) is 1. The summed E-state index contributed by atoms with van der Waals surface area (Å²) in [6.45, 7) is 9.05. The van der Waals surface area contributed by atoms with Gasteiger partial charge in [-0.3, -0.25) is 0 Å². The standard InChI is InChI=1S/C18H29BrN2/c1-4-6-12-21(16-8-9-16)18-10-7-15(19)13-17(18)14(3)20-11-5-2/h7,10,13-14,16,20H,4-6,8-9,11-12H2,1-3H3. The van der Waals surface area contributed by atoms with Crippen LogP contribution in [-0.4, -0.2) is 19.1 Å². The van der Waals surface area contributed by atoms with Crippen molar-refractivity contribution < 1.29 is 0 Å². The molecule has 118 valence electrons. The highest BCUT2D eigenvalue weighted by molar-refractivity contribution is 9.10. The van der Waals surface area contributed by atoms with Crippen molar-refractivity contribution in [2.45, 2.75) is 65.0 Å². The molecule has 1 aliphatic carbocycles. The SMILES string of the molecule is CCCCN(c1ccc(Br)cc1C(C)NCCC)C1CC1. The number of benzene rings is 1. The number of hydrogen-bond donors (Lipinski definition) is 1. The second-order valence-corrected chi connectivity index (χ2v) is 7.07. The van der Waals surface area contributed by atoms with E-state index >= 15 is 0 Å². The molecule has 0 aromatic heterocycles. The van der Waals surface area contributed by atoms with Gasteiger partial charge in [-0.15, -0.1) is 0 Å². The molecule has 0 amide bonds. The van der Waals surface area contributed by atoms with Gasteiger partial charge in [0, 0.05) is 28.8 Å². The zero-order valence-corrected chi connectivity index (χ0v) is 15.2. The minimum absolute atomic E-state index is 0.403. The van der Waals surface area contributed by atoms with Crippen LogP contribution in [0.2, 0.25) is 0 Å². The van der Waals surface area contributed by atoms with Crippen LogP contribution >= 0.6 is 15.9 Å². The van der Waals surface area contributed by atoms with Crippen LogP contribution in [0.4, 0.5) is 5.69 Å². The van der Waals surface area contributed by atoms with Crippen molar-refractivity contribution in [1.82, 2.24) is 5.32 Å². The van der Waals surface area contributed by atoms with Crippen LogP contribution in [0.1, 0.15) is 64.5 Å². The first kappa shape index (κ1) is 16.8. The van der Waals surface area contributed by atoms with Gasteiger partial charge < -0.3 is 10.2 Å². The van der Waals surface area contributed by atoms with Gasteiger partial charge in [-0.2, -0.15) is 0 Å². The van der Waals surface area contributed by atoms with Crippen LogP contribution in [-0.2, 0) is 0 Å². The molecule has 1 unspecified atom stereocenters. The summed E-state index contributed by atoms with van der Waals surface area (Å²) in [5.41, 5.74) is 2.87. The van der Waals surface area contributed by atoms with Crippen molar-refractivity contribution in [3.05, 3.63) is 28.2 Å². The Hall–Kier alpha value is -0.540. The molecule has 0 bridgehead atoms. The van der Waals surface area contributed by atoms with E-state index in [0.717, 1.165) is 12.6 Å². The molecule has 1 aliphatic rings. The van der Waals surface area contributed by atoms with Gasteiger partial charge in [0.1, 0.15) is 0 Å². The lowest BCUT2D eigenvalue weighted by Gasteiger charge is -2.29. The lowest BCUT2D eigenvalue weighted by atomic mass is 10.0. The van der Waals surface area contributed by atoms with Crippen molar-refractivity contribution in [2.75, 3.05) is 18.0 Å². The van der Waals surface area contributed by atoms with Gasteiger partial charge in [0.25, 0.3) is 0 Å². The molecule has 3 heteroatoms. The molecule has 2 nitrogen and oxygen atoms in total. The van der Waals surface area contributed by atoms with Crippen LogP contribution < -0.4 is 10.2 Å². The van der Waals surface area contributed by atoms with E-state index in [0.29, 0.717) is 6.04 Å². The molecule has 0 aliphatic heterocycles. The quantitative estimate of drug-likeness (QED) is 0.650. The molecule has 0 heterocycles. The maximum absolute atomic E-state index is 3.64. The summed E-state index contributed by atoms with van der Waals surface area (Å²) >= 11 is 3.64. The molecule has 1 N–H and O–H groups in total. The second kappa shape index (κ2) is 8.19. The number of anilines is 1. The van der Waals surface area contributed by atoms with E-state index < -0.39 is 0 Å². The van der Waals surface area contributed by atoms with Gasteiger partial charge in [0.05, 0.1) is 0 Å². The number of rotatable bonds is 9. The molecular weight excluding hydrogens is 324 g/mol. The van der Waals surface area contributed by atoms with Gasteiger partial charge in [-0.25, -0.2) is 0 Å². The van der Waals surface area contributed by atoms with Gasteiger partial charge >= 0.3 is 0 Å². The summed E-state index contributed by atoms with van der Waals surface area (Å²) in [7, 11) is 0. The summed E-state index contributed by atoms with van der Waals surface area (Å²) in [6, 6.07) is 7.96. The van der Waals surface area contributed by atoms with Crippen molar-refractivity contribution in [1.29, 1.82) is 0 Å². The van der Waals surface area contributed by atoms with Crippen LogP contribution in [0.3, 0.4) is 0 Å². The molecule has 2 rings (SSSR count). The first-order valence-electron chi connectivity index (χ1n) is 8.46. The number of halogens is 1. The number of nitrogens with one attached hydrogen (secondary N) is 1. The highest BCUT2D eigenvalue weighted by atomic mass is 79.9. The summed E-state index contributed by atoms with van der Waals surface area (Å²) in [5.74, 6) is 0. The molecular formula is C18H29BrN2. The van der Waals surface area contributed by atoms with E-state index in [4.69, 9.17) is 0 Å². The van der Waals surface area contributed by atoms with Crippen LogP contribution in [0.15, 0.2) is 22.7 Å². The number of hydrogen-bond acceptors (Lipinski definition) is 2. The molecule has 0 spiro atoms. The van der Waals surface area contributed by atoms with Crippen molar-refractivity contribution in [2.24, 2.45) is 0 Å². The Balaban J connectivity index is 2.23. The first-order valence-corrected chi connectivity index (χ1v) is 9.26. The van der Waals surface area contributed by atoms with Crippen LogP contribution in [0.25, 0.3) is 0 Å². The predicted octanol–water partition coefficient (Wildman–Crippen LogP) is 5.28. The van der Waals surface area contributed by atoms with Gasteiger partial charge in [0.2, 0.25) is 0 Å². The Morgan fingerprint density at radius 2 is 2.05 bits per heavy atom. The largest absolute Gasteiger partial charge is 0.368 e. The molecule has 21 heavy (non-hydrogen) atoms. The van der Waals surface area contributed by atoms with E-state index in [-0.39, 0.29) is 0 Å². The summed E-state index contributed by atoms with van der Waals surface area (Å²) in [4.78, 5) is 2.65. The van der Waals surface area contributed by atoms with E-state index in [9.17, 15) is 0 Å². The predicted molar refractivity (Wildman–Crippen MR) is 96.1 cm³/mol. The third-order valence-electron chi connectivity index (χ3n) is 4.21. The molecule has 1 atom stereocenters. The van der Waals surface area contributed by atoms with Crippen molar-refractivity contribution in [3.8, 4) is 0 Å². The first-order chi connectivity index (χ1) is 10.2. The van der Waals surface area contributed by atoms with Crippen molar-refractivity contribution in [3.63, 3.8) is 0 Å². The average Bonchev–Trinajstić information content (AvgIpc) is 3.31. The smallest absolute Gasteiger partial charge is 0.0417 e. The lowest BCUT2D eigenvalue weighted by molar-refractivity contribution is 0.567. The molecule has 0 saturated heterocycles. The summed E-state index contributed by atoms with van der Waals surface area (Å²) < 4.78 is 1.18. The highest BCUT2D eigenvalue weighted by Gasteiger charge is 2.30. The van der Waals surface area contributed by atoms with Crippen LogP contribution in [0.5, 0.6) is 0 Å². The van der Waals surface area contributed by atoms with E-state index in [1.807, 2.05) is 0 Å². The topological polar surface area (TPSA) is 15.3 Å². The highest BCUT2D eigenvalue weighted by Crippen LogP contribution is 2.37. The fourth-order valence-electron chi connectivity index (χ4n) is 2.82. The maximum Gasteiger partial charge on any atom is 0.0417 e. The Kier molecular flexibility index (Phi) is 6.56. The Morgan fingerprint density at radius 3 is 2.67 bits per heavy atom. The van der Waals surface area contributed by atoms with Gasteiger partial charge in [0.15, 0.2) is 0 Å². The second-order valence-electron chi connectivity index (χ2n) is 6.16. The monoisotopic (exact) mass is 352 g/mol. The summed E-state index contributed by atoms with van der Waals surface area (Å²) in [5, 5.41) is 3.64. The maximum atomic E-state index is 3.64. The zero-order chi connectivity index (χ0) is 15.2. The Labute approximate surface area is 138 Å². The third-order valence-corrected chi connectivity index (χ3v) is 4.70. The molecule has 1 aromatic rings. The normalized spacial score (nSPS) is 16.0. The van der Waals surface area contributed by atoms with Gasteiger partial charge in [-0.05, 0) is 62.9 Å². The Morgan fingerprint density at radius 1 is 1.29 bits per heavy atom. The van der Waals surface area contributed by atoms with Gasteiger partial charge in [-0.1, -0.05) is 36.2 Å². The molecule has 1 fully saturated rings. The van der Waals surface area contributed by atoms with Crippen LogP contribution in [0, 0.1) is 0 Å². The fraction of sp³-hybridized carbons (Fsp3) is 0.667. The molecule has 1 aromatic carbocycles. The third kappa shape index (κ3) is 4.72. The minimum Gasteiger partial charge on any atom is -0.368 e. The Bertz CT molecular complexity index is 443. The molecule has 1 saturated carbocycles. The fourth-order valence-corrected chi connectivity index (χ4v) is 3.20. The minimum atomic E-state index is 0.403. The zero-order valence-electron chi connectivity index (χ0n) is 13.7. The average molecular weight is 353 g/mol. The van der Waals surface area contributed by atoms with E-state index in [2.05, 4.69) is 65.1 Å². The van der Waals surface area contributed by atoms with E-state index in [1.54, 1.807) is 0 Å². The molecule has 0 radical (unpaired) electrons.